The summed E-state index contributed by atoms with van der Waals surface area (Å²) in [4.78, 5) is 0. The molecule has 1 aliphatic heterocycles. The van der Waals surface area contributed by atoms with Gasteiger partial charge in [-0.25, -0.2) is 4.39 Å². The quantitative estimate of drug-likeness (QED) is 0.801. The second-order valence-corrected chi connectivity index (χ2v) is 3.93. The number of ether oxygens (including phenoxy) is 1. The van der Waals surface area contributed by atoms with Gasteiger partial charge in [0.15, 0.2) is 0 Å². The molecule has 0 amide bonds. The summed E-state index contributed by atoms with van der Waals surface area (Å²) in [6, 6.07) is 6.33. The molecule has 0 N–H and O–H groups in total. The molecule has 0 saturated carbocycles. The predicted octanol–water partition coefficient (Wildman–Crippen LogP) is 2.73. The highest BCUT2D eigenvalue weighted by Gasteiger charge is 2.24. The van der Waals surface area contributed by atoms with E-state index in [1.54, 1.807) is 18.2 Å². The fourth-order valence-corrected chi connectivity index (χ4v) is 1.88. The van der Waals surface area contributed by atoms with E-state index >= 15 is 0 Å². The first-order valence-electron chi connectivity index (χ1n) is 5.54. The summed E-state index contributed by atoms with van der Waals surface area (Å²) in [5, 5.41) is 7.76. The molecule has 1 aliphatic rings. The van der Waals surface area contributed by atoms with Gasteiger partial charge in [0.2, 0.25) is 5.89 Å². The smallest absolute Gasteiger partial charge is 0.250 e. The Morgan fingerprint density at radius 3 is 2.88 bits per heavy atom. The van der Waals surface area contributed by atoms with Gasteiger partial charge < -0.3 is 9.15 Å². The van der Waals surface area contributed by atoms with Crippen molar-refractivity contribution in [3.8, 4) is 11.5 Å². The minimum atomic E-state index is -0.366. The molecule has 0 bridgehead atoms. The summed E-state index contributed by atoms with van der Waals surface area (Å²) in [6.45, 7) is 0.710. The number of halogens is 1. The minimum Gasteiger partial charge on any atom is -0.418 e. The molecular weight excluding hydrogens is 223 g/mol. The van der Waals surface area contributed by atoms with Crippen LogP contribution in [0.1, 0.15) is 24.8 Å². The van der Waals surface area contributed by atoms with Crippen molar-refractivity contribution in [2.24, 2.45) is 0 Å². The number of aromatic nitrogens is 2. The fourth-order valence-electron chi connectivity index (χ4n) is 1.88. The van der Waals surface area contributed by atoms with E-state index in [1.807, 2.05) is 0 Å². The molecule has 3 rings (SSSR count). The number of nitrogens with zero attached hydrogens (tertiary/aromatic N) is 2. The second kappa shape index (κ2) is 4.25. The Bertz CT molecular complexity index is 521. The van der Waals surface area contributed by atoms with Gasteiger partial charge in [-0.05, 0) is 25.0 Å². The van der Waals surface area contributed by atoms with Crippen molar-refractivity contribution in [2.75, 3.05) is 6.61 Å². The number of benzene rings is 1. The lowest BCUT2D eigenvalue weighted by atomic mass is 10.2. The van der Waals surface area contributed by atoms with Crippen LogP contribution in [0.5, 0.6) is 0 Å². The second-order valence-electron chi connectivity index (χ2n) is 3.93. The topological polar surface area (TPSA) is 48.2 Å². The SMILES string of the molecule is Fc1ccccc1-c1nnc(C2CCCO2)o1. The summed E-state index contributed by atoms with van der Waals surface area (Å²) >= 11 is 0. The van der Waals surface area contributed by atoms with Crippen LogP contribution in [0.2, 0.25) is 0 Å². The molecule has 1 unspecified atom stereocenters. The van der Waals surface area contributed by atoms with Crippen molar-refractivity contribution in [3.63, 3.8) is 0 Å². The van der Waals surface area contributed by atoms with E-state index in [0.717, 1.165) is 12.8 Å². The summed E-state index contributed by atoms with van der Waals surface area (Å²) in [5.74, 6) is 0.268. The lowest BCUT2D eigenvalue weighted by Gasteiger charge is -2.01. The highest BCUT2D eigenvalue weighted by molar-refractivity contribution is 5.53. The molecule has 0 aliphatic carbocycles. The van der Waals surface area contributed by atoms with Crippen LogP contribution in [0.3, 0.4) is 0 Å². The summed E-state index contributed by atoms with van der Waals surface area (Å²) in [7, 11) is 0. The molecular formula is C12H11FN2O2. The standard InChI is InChI=1S/C12H11FN2O2/c13-9-5-2-1-4-8(9)11-14-15-12(17-11)10-6-3-7-16-10/h1-2,4-5,10H,3,6-7H2. The maximum Gasteiger partial charge on any atom is 0.250 e. The van der Waals surface area contributed by atoms with E-state index in [2.05, 4.69) is 10.2 Å². The van der Waals surface area contributed by atoms with Crippen LogP contribution in [-0.2, 0) is 4.74 Å². The molecule has 0 radical (unpaired) electrons. The van der Waals surface area contributed by atoms with Gasteiger partial charge in [-0.3, -0.25) is 0 Å². The van der Waals surface area contributed by atoms with Crippen molar-refractivity contribution in [1.82, 2.24) is 10.2 Å². The van der Waals surface area contributed by atoms with Gasteiger partial charge in [0.1, 0.15) is 11.9 Å². The average molecular weight is 234 g/mol. The summed E-state index contributed by atoms with van der Waals surface area (Å²) in [5.41, 5.74) is 0.323. The van der Waals surface area contributed by atoms with Crippen molar-refractivity contribution < 1.29 is 13.5 Å². The predicted molar refractivity (Wildman–Crippen MR) is 57.6 cm³/mol. The molecule has 2 aromatic rings. The molecule has 1 saturated heterocycles. The molecule has 1 aromatic carbocycles. The fraction of sp³-hybridized carbons (Fsp3) is 0.333. The molecule has 1 atom stereocenters. The highest BCUT2D eigenvalue weighted by atomic mass is 19.1. The molecule has 2 heterocycles. The Labute approximate surface area is 97.4 Å². The van der Waals surface area contributed by atoms with Gasteiger partial charge in [0.25, 0.3) is 5.89 Å². The Morgan fingerprint density at radius 2 is 2.12 bits per heavy atom. The number of rotatable bonds is 2. The van der Waals surface area contributed by atoms with Gasteiger partial charge >= 0.3 is 0 Å². The lowest BCUT2D eigenvalue weighted by molar-refractivity contribution is 0.0896. The normalized spacial score (nSPS) is 19.7. The summed E-state index contributed by atoms with van der Waals surface area (Å²) < 4.78 is 24.4. The summed E-state index contributed by atoms with van der Waals surface area (Å²) in [6.07, 6.45) is 1.73. The zero-order valence-electron chi connectivity index (χ0n) is 9.10. The minimum absolute atomic E-state index is 0.136. The van der Waals surface area contributed by atoms with Crippen LogP contribution in [0.25, 0.3) is 11.5 Å². The zero-order chi connectivity index (χ0) is 11.7. The van der Waals surface area contributed by atoms with Crippen molar-refractivity contribution in [1.29, 1.82) is 0 Å². The van der Waals surface area contributed by atoms with Crippen LogP contribution < -0.4 is 0 Å². The molecule has 1 aromatic heterocycles. The zero-order valence-corrected chi connectivity index (χ0v) is 9.10. The number of hydrogen-bond acceptors (Lipinski definition) is 4. The van der Waals surface area contributed by atoms with E-state index in [9.17, 15) is 4.39 Å². The molecule has 0 spiro atoms. The van der Waals surface area contributed by atoms with Crippen LogP contribution >= 0.6 is 0 Å². The van der Waals surface area contributed by atoms with Crippen molar-refractivity contribution >= 4 is 0 Å². The van der Waals surface area contributed by atoms with E-state index in [-0.39, 0.29) is 17.8 Å². The molecule has 88 valence electrons. The average Bonchev–Trinajstić information content (AvgIpc) is 3.00. The van der Waals surface area contributed by atoms with Crippen molar-refractivity contribution in [3.05, 3.63) is 36.0 Å². The number of hydrogen-bond donors (Lipinski definition) is 0. The Morgan fingerprint density at radius 1 is 1.24 bits per heavy atom. The third kappa shape index (κ3) is 1.93. The first kappa shape index (κ1) is 10.4. The monoisotopic (exact) mass is 234 g/mol. The van der Waals surface area contributed by atoms with Crippen molar-refractivity contribution in [2.45, 2.75) is 18.9 Å². The molecule has 1 fully saturated rings. The molecule has 4 nitrogen and oxygen atoms in total. The van der Waals surface area contributed by atoms with Gasteiger partial charge in [0, 0.05) is 6.61 Å². The van der Waals surface area contributed by atoms with Gasteiger partial charge in [-0.1, -0.05) is 12.1 Å². The van der Waals surface area contributed by atoms with Crippen LogP contribution in [-0.4, -0.2) is 16.8 Å². The van der Waals surface area contributed by atoms with Crippen LogP contribution in [0, 0.1) is 5.82 Å². The van der Waals surface area contributed by atoms with Gasteiger partial charge in [0.05, 0.1) is 5.56 Å². The van der Waals surface area contributed by atoms with E-state index < -0.39 is 0 Å². The first-order chi connectivity index (χ1) is 8.34. The van der Waals surface area contributed by atoms with Crippen LogP contribution in [0.4, 0.5) is 4.39 Å². The Hall–Kier alpha value is -1.75. The van der Waals surface area contributed by atoms with Gasteiger partial charge in [-0.15, -0.1) is 10.2 Å². The Balaban J connectivity index is 1.92. The first-order valence-corrected chi connectivity index (χ1v) is 5.54. The largest absolute Gasteiger partial charge is 0.418 e. The van der Waals surface area contributed by atoms with Crippen LogP contribution in [0.15, 0.2) is 28.7 Å². The molecule has 5 heteroatoms. The maximum atomic E-state index is 13.5. The van der Waals surface area contributed by atoms with E-state index in [1.165, 1.54) is 6.07 Å². The Kier molecular flexibility index (Phi) is 2.60. The van der Waals surface area contributed by atoms with E-state index in [0.29, 0.717) is 18.1 Å². The lowest BCUT2D eigenvalue weighted by Crippen LogP contribution is -1.95. The molecule has 17 heavy (non-hydrogen) atoms. The van der Waals surface area contributed by atoms with E-state index in [4.69, 9.17) is 9.15 Å². The highest BCUT2D eigenvalue weighted by Crippen LogP contribution is 2.30. The third-order valence-electron chi connectivity index (χ3n) is 2.75. The third-order valence-corrected chi connectivity index (χ3v) is 2.75. The maximum absolute atomic E-state index is 13.5. The van der Waals surface area contributed by atoms with Gasteiger partial charge in [-0.2, -0.15) is 0 Å².